The van der Waals surface area contributed by atoms with Crippen molar-refractivity contribution in [2.75, 3.05) is 5.32 Å². The third kappa shape index (κ3) is 4.91. The topological polar surface area (TPSA) is 134 Å². The van der Waals surface area contributed by atoms with Gasteiger partial charge in [0.1, 0.15) is 9.90 Å². The molecule has 2 aliphatic rings. The second-order valence-electron chi connectivity index (χ2n) is 8.70. The number of hydrogen-bond acceptors (Lipinski definition) is 7. The summed E-state index contributed by atoms with van der Waals surface area (Å²) >= 11 is 0.842. The van der Waals surface area contributed by atoms with Gasteiger partial charge in [0.2, 0.25) is 5.16 Å². The minimum Gasteiger partial charge on any atom is -0.477 e. The average molecular weight is 496 g/mol. The molecule has 0 radical (unpaired) electrons. The fourth-order valence-corrected chi connectivity index (χ4v) is 7.34. The lowest BCUT2D eigenvalue weighted by molar-refractivity contribution is 0.0685. The summed E-state index contributed by atoms with van der Waals surface area (Å²) in [6, 6.07) is 0.177. The van der Waals surface area contributed by atoms with E-state index in [1.807, 2.05) is 4.90 Å². The van der Waals surface area contributed by atoms with Crippen LogP contribution >= 0.6 is 11.3 Å². The molecule has 10 nitrogen and oxygen atoms in total. The number of carbonyl (C=O) groups is 2. The van der Waals surface area contributed by atoms with Crippen molar-refractivity contribution < 1.29 is 23.1 Å². The number of rotatable bonds is 6. The van der Waals surface area contributed by atoms with E-state index in [0.29, 0.717) is 0 Å². The molecule has 0 saturated heterocycles. The van der Waals surface area contributed by atoms with Crippen LogP contribution in [0, 0.1) is 0 Å². The van der Waals surface area contributed by atoms with Crippen LogP contribution in [-0.2, 0) is 16.9 Å². The lowest BCUT2D eigenvalue weighted by Crippen LogP contribution is -2.50. The third-order valence-corrected chi connectivity index (χ3v) is 9.65. The summed E-state index contributed by atoms with van der Waals surface area (Å²) in [7, 11) is -2.75. The van der Waals surface area contributed by atoms with Crippen molar-refractivity contribution in [1.29, 1.82) is 0 Å². The number of sulfone groups is 1. The maximum atomic E-state index is 13.3. The Morgan fingerprint density at radius 1 is 1.03 bits per heavy atom. The zero-order valence-electron chi connectivity index (χ0n) is 18.6. The molecule has 2 heterocycles. The highest BCUT2D eigenvalue weighted by atomic mass is 32.2. The van der Waals surface area contributed by atoms with E-state index in [0.717, 1.165) is 73.5 Å². The van der Waals surface area contributed by atoms with Gasteiger partial charge >= 0.3 is 12.0 Å². The van der Waals surface area contributed by atoms with Gasteiger partial charge in [-0.25, -0.2) is 28.0 Å². The smallest absolute Gasteiger partial charge is 0.354 e. The number of carboxylic acids is 1. The van der Waals surface area contributed by atoms with E-state index in [1.54, 1.807) is 0 Å². The Hall–Kier alpha value is -2.47. The lowest BCUT2D eigenvalue weighted by Gasteiger charge is -2.41. The van der Waals surface area contributed by atoms with Gasteiger partial charge in [-0.05, 0) is 25.7 Å². The number of anilines is 1. The predicted molar refractivity (Wildman–Crippen MR) is 122 cm³/mol. The summed E-state index contributed by atoms with van der Waals surface area (Å²) < 4.78 is 26.9. The van der Waals surface area contributed by atoms with Crippen LogP contribution in [0.4, 0.5) is 9.93 Å². The fraction of sp³-hybridized carbons (Fsp3) is 0.619. The number of imidazole rings is 1. The Bertz CT molecular complexity index is 1100. The van der Waals surface area contributed by atoms with Gasteiger partial charge in [-0.1, -0.05) is 49.9 Å². The van der Waals surface area contributed by atoms with E-state index in [2.05, 4.69) is 15.3 Å². The highest BCUT2D eigenvalue weighted by Crippen LogP contribution is 2.32. The zero-order valence-corrected chi connectivity index (χ0v) is 20.2. The molecule has 2 aromatic heterocycles. The van der Waals surface area contributed by atoms with Crippen molar-refractivity contribution in [3.05, 3.63) is 18.1 Å². The Balaban J connectivity index is 1.53. The first kappa shape index (κ1) is 23.7. The lowest BCUT2D eigenvalue weighted by atomic mass is 9.89. The Morgan fingerprint density at radius 3 is 2.12 bits per heavy atom. The second kappa shape index (κ2) is 9.80. The molecule has 180 valence electrons. The molecule has 12 heteroatoms. The molecule has 2 fully saturated rings. The first-order chi connectivity index (χ1) is 15.8. The summed E-state index contributed by atoms with van der Waals surface area (Å²) in [5, 5.41) is 11.8. The minimum atomic E-state index is -4.08. The standard InChI is InChI=1S/C21H29N5O5S2/c1-25-16(18(27)28)12-23-21(25)33(30,31)17-13-22-19(32-17)24-20(29)26(14-8-4-2-5-9-14)15-10-6-3-7-11-15/h12-15H,2-11H2,1H3,(H,27,28)(H,22,24,29). The van der Waals surface area contributed by atoms with Gasteiger partial charge in [0.05, 0.1) is 12.4 Å². The van der Waals surface area contributed by atoms with Crippen LogP contribution in [0.5, 0.6) is 0 Å². The number of carbonyl (C=O) groups excluding carboxylic acids is 1. The van der Waals surface area contributed by atoms with Crippen LogP contribution in [0.2, 0.25) is 0 Å². The zero-order chi connectivity index (χ0) is 23.6. The summed E-state index contributed by atoms with van der Waals surface area (Å²) in [5.74, 6) is -1.27. The van der Waals surface area contributed by atoms with Crippen molar-refractivity contribution in [2.45, 2.75) is 85.7 Å². The van der Waals surface area contributed by atoms with Gasteiger partial charge in [-0.2, -0.15) is 0 Å². The molecule has 33 heavy (non-hydrogen) atoms. The van der Waals surface area contributed by atoms with Gasteiger partial charge < -0.3 is 14.6 Å². The van der Waals surface area contributed by atoms with Crippen LogP contribution in [0.1, 0.15) is 74.7 Å². The van der Waals surface area contributed by atoms with Crippen molar-refractivity contribution in [2.24, 2.45) is 7.05 Å². The molecule has 0 spiro atoms. The number of aromatic carboxylic acids is 1. The van der Waals surface area contributed by atoms with Crippen molar-refractivity contribution in [3.63, 3.8) is 0 Å². The molecule has 2 saturated carbocycles. The molecule has 0 aliphatic heterocycles. The molecule has 2 aliphatic carbocycles. The Labute approximate surface area is 197 Å². The first-order valence-corrected chi connectivity index (χ1v) is 13.6. The van der Waals surface area contributed by atoms with Gasteiger partial charge in [0.25, 0.3) is 9.84 Å². The molecular formula is C21H29N5O5S2. The van der Waals surface area contributed by atoms with Gasteiger partial charge in [-0.15, -0.1) is 0 Å². The van der Waals surface area contributed by atoms with Crippen LogP contribution in [0.15, 0.2) is 21.8 Å². The van der Waals surface area contributed by atoms with E-state index in [4.69, 9.17) is 5.11 Å². The van der Waals surface area contributed by atoms with Gasteiger partial charge in [0, 0.05) is 19.1 Å². The average Bonchev–Trinajstić information content (AvgIpc) is 3.43. The fourth-order valence-electron chi connectivity index (χ4n) is 4.88. The summed E-state index contributed by atoms with van der Waals surface area (Å²) in [5.41, 5.74) is -0.234. The molecule has 0 unspecified atom stereocenters. The number of carboxylic acid groups (broad SMARTS) is 1. The number of nitrogens with zero attached hydrogens (tertiary/aromatic N) is 4. The Morgan fingerprint density at radius 2 is 1.61 bits per heavy atom. The normalized spacial score (nSPS) is 18.2. The third-order valence-electron chi connectivity index (χ3n) is 6.54. The van der Waals surface area contributed by atoms with Crippen LogP contribution in [0.25, 0.3) is 0 Å². The molecule has 0 aromatic carbocycles. The molecule has 0 atom stereocenters. The molecule has 2 N–H and O–H groups in total. The van der Waals surface area contributed by atoms with Crippen LogP contribution in [-0.4, -0.2) is 57.0 Å². The van der Waals surface area contributed by atoms with Crippen LogP contribution in [0.3, 0.4) is 0 Å². The highest BCUT2D eigenvalue weighted by Gasteiger charge is 2.33. The van der Waals surface area contributed by atoms with E-state index in [-0.39, 0.29) is 38.3 Å². The van der Waals surface area contributed by atoms with E-state index in [1.165, 1.54) is 26.1 Å². The van der Waals surface area contributed by atoms with Crippen LogP contribution < -0.4 is 5.32 Å². The molecular weight excluding hydrogens is 466 g/mol. The number of nitrogens with one attached hydrogen (secondary N) is 1. The summed E-state index contributed by atoms with van der Waals surface area (Å²) in [6.07, 6.45) is 13.0. The molecule has 2 aromatic rings. The van der Waals surface area contributed by atoms with Crippen molar-refractivity contribution in [1.82, 2.24) is 19.4 Å². The molecule has 4 rings (SSSR count). The number of aromatic nitrogens is 3. The van der Waals surface area contributed by atoms with Gasteiger partial charge in [0.15, 0.2) is 5.13 Å². The predicted octanol–water partition coefficient (Wildman–Crippen LogP) is 3.91. The molecule has 0 bridgehead atoms. The second-order valence-corrected chi connectivity index (χ2v) is 11.8. The van der Waals surface area contributed by atoms with Gasteiger partial charge in [-0.3, -0.25) is 5.32 Å². The minimum absolute atomic E-state index is 0.106. The number of thiazole rings is 1. The van der Waals surface area contributed by atoms with E-state index < -0.39 is 15.8 Å². The Kier molecular flexibility index (Phi) is 7.03. The number of amides is 2. The van der Waals surface area contributed by atoms with Crippen molar-refractivity contribution >= 4 is 38.3 Å². The maximum Gasteiger partial charge on any atom is 0.354 e. The summed E-state index contributed by atoms with van der Waals surface area (Å²) in [4.78, 5) is 34.4. The van der Waals surface area contributed by atoms with E-state index >= 15 is 0 Å². The molecule has 2 amide bonds. The monoisotopic (exact) mass is 495 g/mol. The first-order valence-electron chi connectivity index (χ1n) is 11.3. The quantitative estimate of drug-likeness (QED) is 0.620. The largest absolute Gasteiger partial charge is 0.477 e. The van der Waals surface area contributed by atoms with Crippen molar-refractivity contribution in [3.8, 4) is 0 Å². The highest BCUT2D eigenvalue weighted by molar-refractivity contribution is 7.93. The SMILES string of the molecule is Cn1c(C(=O)O)cnc1S(=O)(=O)c1cnc(NC(=O)N(C2CCCCC2)C2CCCCC2)s1. The summed E-state index contributed by atoms with van der Waals surface area (Å²) in [6.45, 7) is 0. The number of hydrogen-bond donors (Lipinski definition) is 2. The van der Waals surface area contributed by atoms with E-state index in [9.17, 15) is 18.0 Å². The number of urea groups is 1. The maximum absolute atomic E-state index is 13.3.